The zero-order valence-corrected chi connectivity index (χ0v) is 9.59. The molecule has 0 fully saturated rings. The molecule has 0 bridgehead atoms. The molecule has 1 atom stereocenters. The number of benzene rings is 1. The predicted molar refractivity (Wildman–Crippen MR) is 64.8 cm³/mol. The Kier molecular flexibility index (Phi) is 4.75. The third-order valence-corrected chi connectivity index (χ3v) is 2.34. The summed E-state index contributed by atoms with van der Waals surface area (Å²) in [5.74, 6) is 0. The summed E-state index contributed by atoms with van der Waals surface area (Å²) in [7, 11) is 0. The lowest BCUT2D eigenvalue weighted by molar-refractivity contribution is 0.825. The van der Waals surface area contributed by atoms with E-state index in [2.05, 4.69) is 43.3 Å². The molecule has 0 aliphatic carbocycles. The van der Waals surface area contributed by atoms with Crippen LogP contribution in [0.1, 0.15) is 30.9 Å². The number of hydrogen-bond acceptors (Lipinski definition) is 0. The summed E-state index contributed by atoms with van der Waals surface area (Å²) in [6.07, 6.45) is 6.44. The van der Waals surface area contributed by atoms with Crippen molar-refractivity contribution in [3.8, 4) is 0 Å². The molecule has 1 aromatic rings. The van der Waals surface area contributed by atoms with Gasteiger partial charge in [-0.05, 0) is 32.3 Å². The minimum Gasteiger partial charge on any atom is -0.123 e. The van der Waals surface area contributed by atoms with Crippen LogP contribution in [-0.4, -0.2) is 5.38 Å². The SMILES string of the molecule is Cc1ccc(C=CCCC(C)Cl)cc1. The Hall–Kier alpha value is -0.750. The van der Waals surface area contributed by atoms with E-state index in [4.69, 9.17) is 11.6 Å². The number of aryl methyl sites for hydroxylation is 1. The Labute approximate surface area is 91.6 Å². The zero-order chi connectivity index (χ0) is 10.4. The van der Waals surface area contributed by atoms with Gasteiger partial charge in [0, 0.05) is 5.38 Å². The minimum atomic E-state index is 0.276. The number of rotatable bonds is 4. The molecule has 0 spiro atoms. The van der Waals surface area contributed by atoms with Crippen LogP contribution in [0.3, 0.4) is 0 Å². The second-order valence-electron chi connectivity index (χ2n) is 3.67. The molecule has 0 aliphatic rings. The Morgan fingerprint density at radius 3 is 2.50 bits per heavy atom. The first-order valence-electron chi connectivity index (χ1n) is 5.06. The molecular weight excluding hydrogens is 192 g/mol. The highest BCUT2D eigenvalue weighted by atomic mass is 35.5. The van der Waals surface area contributed by atoms with E-state index < -0.39 is 0 Å². The molecule has 0 heterocycles. The van der Waals surface area contributed by atoms with Crippen molar-refractivity contribution in [3.63, 3.8) is 0 Å². The van der Waals surface area contributed by atoms with Crippen LogP contribution >= 0.6 is 11.6 Å². The third kappa shape index (κ3) is 4.48. The largest absolute Gasteiger partial charge is 0.123 e. The molecule has 0 saturated heterocycles. The number of alkyl halides is 1. The smallest absolute Gasteiger partial charge is 0.0310 e. The monoisotopic (exact) mass is 208 g/mol. The molecule has 0 amide bonds. The third-order valence-electron chi connectivity index (χ3n) is 2.12. The Balaban J connectivity index is 2.40. The van der Waals surface area contributed by atoms with Crippen molar-refractivity contribution in [2.24, 2.45) is 0 Å². The summed E-state index contributed by atoms with van der Waals surface area (Å²) in [6.45, 7) is 4.13. The molecule has 76 valence electrons. The van der Waals surface area contributed by atoms with Gasteiger partial charge in [-0.3, -0.25) is 0 Å². The van der Waals surface area contributed by atoms with E-state index in [-0.39, 0.29) is 5.38 Å². The fraction of sp³-hybridized carbons (Fsp3) is 0.385. The second-order valence-corrected chi connectivity index (χ2v) is 4.42. The van der Waals surface area contributed by atoms with Gasteiger partial charge in [0.2, 0.25) is 0 Å². The van der Waals surface area contributed by atoms with Crippen LogP contribution in [0.25, 0.3) is 6.08 Å². The van der Waals surface area contributed by atoms with Crippen molar-refractivity contribution in [1.29, 1.82) is 0 Å². The molecule has 1 heteroatoms. The summed E-state index contributed by atoms with van der Waals surface area (Å²) in [5, 5.41) is 0.276. The lowest BCUT2D eigenvalue weighted by Gasteiger charge is -1.97. The van der Waals surface area contributed by atoms with Gasteiger partial charge in [0.1, 0.15) is 0 Å². The van der Waals surface area contributed by atoms with E-state index in [0.29, 0.717) is 0 Å². The fourth-order valence-electron chi connectivity index (χ4n) is 1.22. The maximum Gasteiger partial charge on any atom is 0.0310 e. The first-order valence-corrected chi connectivity index (χ1v) is 5.49. The van der Waals surface area contributed by atoms with E-state index in [0.717, 1.165) is 12.8 Å². The normalized spacial score (nSPS) is 13.4. The second kappa shape index (κ2) is 5.87. The van der Waals surface area contributed by atoms with Crippen molar-refractivity contribution in [1.82, 2.24) is 0 Å². The molecule has 1 aromatic carbocycles. The zero-order valence-electron chi connectivity index (χ0n) is 8.83. The minimum absolute atomic E-state index is 0.276. The molecular formula is C13H17Cl. The van der Waals surface area contributed by atoms with Crippen LogP contribution in [-0.2, 0) is 0 Å². The average Bonchev–Trinajstić information content (AvgIpc) is 2.15. The van der Waals surface area contributed by atoms with E-state index in [1.165, 1.54) is 11.1 Å². The van der Waals surface area contributed by atoms with Gasteiger partial charge in [-0.15, -0.1) is 11.6 Å². The lowest BCUT2D eigenvalue weighted by atomic mass is 10.1. The Bertz CT molecular complexity index is 283. The van der Waals surface area contributed by atoms with Gasteiger partial charge in [-0.1, -0.05) is 42.0 Å². The summed E-state index contributed by atoms with van der Waals surface area (Å²) < 4.78 is 0. The highest BCUT2D eigenvalue weighted by Gasteiger charge is 1.92. The van der Waals surface area contributed by atoms with E-state index in [1.54, 1.807) is 0 Å². The molecule has 0 saturated carbocycles. The summed E-state index contributed by atoms with van der Waals surface area (Å²) >= 11 is 5.85. The van der Waals surface area contributed by atoms with Crippen LogP contribution in [0.4, 0.5) is 0 Å². The van der Waals surface area contributed by atoms with Crippen LogP contribution in [0.15, 0.2) is 30.3 Å². The summed E-state index contributed by atoms with van der Waals surface area (Å²) in [4.78, 5) is 0. The summed E-state index contributed by atoms with van der Waals surface area (Å²) in [6, 6.07) is 8.53. The maximum atomic E-state index is 5.85. The number of allylic oxidation sites excluding steroid dienone is 1. The molecule has 0 aromatic heterocycles. The van der Waals surface area contributed by atoms with Gasteiger partial charge in [0.25, 0.3) is 0 Å². The molecule has 0 aliphatic heterocycles. The van der Waals surface area contributed by atoms with Crippen LogP contribution in [0.2, 0.25) is 0 Å². The molecule has 0 radical (unpaired) electrons. The van der Waals surface area contributed by atoms with Crippen LogP contribution in [0, 0.1) is 6.92 Å². The van der Waals surface area contributed by atoms with Crippen LogP contribution in [0.5, 0.6) is 0 Å². The van der Waals surface area contributed by atoms with Crippen molar-refractivity contribution in [2.75, 3.05) is 0 Å². The van der Waals surface area contributed by atoms with Crippen LogP contribution < -0.4 is 0 Å². The highest BCUT2D eigenvalue weighted by Crippen LogP contribution is 2.08. The van der Waals surface area contributed by atoms with E-state index in [1.807, 2.05) is 6.92 Å². The topological polar surface area (TPSA) is 0 Å². The van der Waals surface area contributed by atoms with E-state index in [9.17, 15) is 0 Å². The number of hydrogen-bond donors (Lipinski definition) is 0. The number of halogens is 1. The molecule has 1 unspecified atom stereocenters. The Morgan fingerprint density at radius 2 is 1.93 bits per heavy atom. The van der Waals surface area contributed by atoms with E-state index >= 15 is 0 Å². The Morgan fingerprint density at radius 1 is 1.29 bits per heavy atom. The fourth-order valence-corrected chi connectivity index (χ4v) is 1.35. The molecule has 0 N–H and O–H groups in total. The van der Waals surface area contributed by atoms with Crippen molar-refractivity contribution in [2.45, 2.75) is 32.1 Å². The molecule has 14 heavy (non-hydrogen) atoms. The predicted octanol–water partition coefficient (Wildman–Crippen LogP) is 4.42. The van der Waals surface area contributed by atoms with Gasteiger partial charge in [-0.25, -0.2) is 0 Å². The quantitative estimate of drug-likeness (QED) is 0.643. The first kappa shape index (κ1) is 11.3. The molecule has 1 rings (SSSR count). The summed E-state index contributed by atoms with van der Waals surface area (Å²) in [5.41, 5.74) is 2.56. The lowest BCUT2D eigenvalue weighted by Crippen LogP contribution is -1.87. The van der Waals surface area contributed by atoms with Gasteiger partial charge < -0.3 is 0 Å². The van der Waals surface area contributed by atoms with Gasteiger partial charge in [0.05, 0.1) is 0 Å². The standard InChI is InChI=1S/C13H17Cl/c1-11-7-9-13(10-8-11)6-4-3-5-12(2)14/h4,6-10,12H,3,5H2,1-2H3. The van der Waals surface area contributed by atoms with Crippen molar-refractivity contribution >= 4 is 17.7 Å². The van der Waals surface area contributed by atoms with Gasteiger partial charge >= 0.3 is 0 Å². The van der Waals surface area contributed by atoms with Gasteiger partial charge in [-0.2, -0.15) is 0 Å². The first-order chi connectivity index (χ1) is 6.68. The molecule has 0 nitrogen and oxygen atoms in total. The van der Waals surface area contributed by atoms with Crippen molar-refractivity contribution in [3.05, 3.63) is 41.5 Å². The van der Waals surface area contributed by atoms with Gasteiger partial charge in [0.15, 0.2) is 0 Å². The average molecular weight is 209 g/mol. The maximum absolute atomic E-state index is 5.85. The van der Waals surface area contributed by atoms with Crippen molar-refractivity contribution < 1.29 is 0 Å². The highest BCUT2D eigenvalue weighted by molar-refractivity contribution is 6.20.